The average Bonchev–Trinajstić information content (AvgIpc) is 2.74. The maximum absolute atomic E-state index is 11.6. The van der Waals surface area contributed by atoms with Gasteiger partial charge in [0.1, 0.15) is 17.1 Å². The van der Waals surface area contributed by atoms with Crippen LogP contribution in [0.15, 0.2) is 11.0 Å². The lowest BCUT2D eigenvalue weighted by Crippen LogP contribution is -2.19. The fourth-order valence-electron chi connectivity index (χ4n) is 1.48. The molecule has 9 heteroatoms. The maximum atomic E-state index is 11.6. The highest BCUT2D eigenvalue weighted by Gasteiger charge is 2.19. The number of nitrogens with two attached hydrogens (primary N) is 1. The first-order valence-corrected chi connectivity index (χ1v) is 5.49. The summed E-state index contributed by atoms with van der Waals surface area (Å²) in [6.07, 6.45) is 1.26. The van der Waals surface area contributed by atoms with E-state index in [-0.39, 0.29) is 23.8 Å². The quantitative estimate of drug-likeness (QED) is 0.709. The number of aromatic amines is 1. The van der Waals surface area contributed by atoms with Crippen LogP contribution in [0.25, 0.3) is 5.82 Å². The summed E-state index contributed by atoms with van der Waals surface area (Å²) < 4.78 is 6.01. The zero-order chi connectivity index (χ0) is 14.0. The van der Waals surface area contributed by atoms with E-state index in [1.165, 1.54) is 10.9 Å². The highest BCUT2D eigenvalue weighted by atomic mass is 16.5. The molecule has 0 aliphatic rings. The number of carbonyl (C=O) groups excluding carboxylic acids is 1. The van der Waals surface area contributed by atoms with Crippen LogP contribution in [0.2, 0.25) is 0 Å². The van der Waals surface area contributed by atoms with Crippen molar-refractivity contribution in [3.63, 3.8) is 0 Å². The molecule has 0 atom stereocenters. The zero-order valence-electron chi connectivity index (χ0n) is 10.4. The molecule has 0 saturated heterocycles. The van der Waals surface area contributed by atoms with E-state index < -0.39 is 11.7 Å². The lowest BCUT2D eigenvalue weighted by Gasteiger charge is -2.05. The van der Waals surface area contributed by atoms with Crippen molar-refractivity contribution in [1.29, 1.82) is 0 Å². The second-order valence-corrected chi connectivity index (χ2v) is 3.63. The largest absolute Gasteiger partial charge is 0.462 e. The first-order valence-electron chi connectivity index (χ1n) is 5.49. The van der Waals surface area contributed by atoms with Crippen molar-refractivity contribution in [1.82, 2.24) is 25.0 Å². The maximum Gasteiger partial charge on any atom is 0.363 e. The monoisotopic (exact) mass is 264 g/mol. The molecule has 0 amide bonds. The van der Waals surface area contributed by atoms with Crippen molar-refractivity contribution in [2.75, 3.05) is 12.3 Å². The molecule has 0 aliphatic carbocycles. The molecule has 2 rings (SSSR count). The minimum absolute atomic E-state index is 0.0430. The van der Waals surface area contributed by atoms with Gasteiger partial charge in [-0.15, -0.1) is 0 Å². The third-order valence-electron chi connectivity index (χ3n) is 2.35. The first-order chi connectivity index (χ1) is 9.04. The number of H-pyrrole nitrogens is 1. The van der Waals surface area contributed by atoms with E-state index >= 15 is 0 Å². The van der Waals surface area contributed by atoms with Gasteiger partial charge in [-0.1, -0.05) is 0 Å². The van der Waals surface area contributed by atoms with Gasteiger partial charge in [0.05, 0.1) is 12.8 Å². The number of carbonyl (C=O) groups is 1. The summed E-state index contributed by atoms with van der Waals surface area (Å²) in [6, 6.07) is 0. The van der Waals surface area contributed by atoms with E-state index in [4.69, 9.17) is 10.5 Å². The fourth-order valence-corrected chi connectivity index (χ4v) is 1.48. The summed E-state index contributed by atoms with van der Waals surface area (Å²) >= 11 is 0. The lowest BCUT2D eigenvalue weighted by atomic mass is 10.3. The van der Waals surface area contributed by atoms with Gasteiger partial charge in [-0.25, -0.2) is 14.7 Å². The van der Waals surface area contributed by atoms with E-state index in [2.05, 4.69) is 20.3 Å². The van der Waals surface area contributed by atoms with E-state index in [0.29, 0.717) is 5.69 Å². The summed E-state index contributed by atoms with van der Waals surface area (Å²) in [7, 11) is 0. The van der Waals surface area contributed by atoms with Crippen LogP contribution in [-0.4, -0.2) is 37.5 Å². The number of nitrogens with one attached hydrogen (secondary N) is 1. The lowest BCUT2D eigenvalue weighted by molar-refractivity contribution is 0.0527. The number of anilines is 1. The van der Waals surface area contributed by atoms with Crippen LogP contribution in [0, 0.1) is 6.92 Å². The molecule has 0 unspecified atom stereocenters. The molecule has 0 saturated carbocycles. The topological polar surface area (TPSA) is 129 Å². The normalized spacial score (nSPS) is 10.4. The molecule has 0 bridgehead atoms. The molecule has 2 aromatic heterocycles. The zero-order valence-corrected chi connectivity index (χ0v) is 10.4. The predicted molar refractivity (Wildman–Crippen MR) is 64.9 cm³/mol. The van der Waals surface area contributed by atoms with Gasteiger partial charge in [-0.05, 0) is 13.8 Å². The van der Waals surface area contributed by atoms with Gasteiger partial charge in [0.15, 0.2) is 5.82 Å². The van der Waals surface area contributed by atoms with Gasteiger partial charge in [0.2, 0.25) is 0 Å². The Hall–Kier alpha value is -2.71. The van der Waals surface area contributed by atoms with Gasteiger partial charge in [-0.2, -0.15) is 19.9 Å². The van der Waals surface area contributed by atoms with Crippen LogP contribution in [0.4, 0.5) is 5.82 Å². The van der Waals surface area contributed by atoms with Crippen molar-refractivity contribution in [3.8, 4) is 5.82 Å². The number of aryl methyl sites for hydroxylation is 1. The van der Waals surface area contributed by atoms with Gasteiger partial charge in [0.25, 0.3) is 0 Å². The van der Waals surface area contributed by atoms with Crippen molar-refractivity contribution in [3.05, 3.63) is 27.9 Å². The highest BCUT2D eigenvalue weighted by Crippen LogP contribution is 2.17. The van der Waals surface area contributed by atoms with Gasteiger partial charge >= 0.3 is 11.7 Å². The molecule has 0 aromatic carbocycles. The molecule has 2 heterocycles. The summed E-state index contributed by atoms with van der Waals surface area (Å²) in [6.45, 7) is 3.54. The molecule has 2 aromatic rings. The van der Waals surface area contributed by atoms with E-state index in [1.807, 2.05) is 0 Å². The van der Waals surface area contributed by atoms with Crippen molar-refractivity contribution < 1.29 is 9.53 Å². The first kappa shape index (κ1) is 12.7. The standard InChI is InChI=1S/C10H12N6O3/c1-3-19-9(17)6-4-12-16(7(6)11)8-5(2)14-15-10(18)13-8/h4H,3,11H2,1-2H3,(H,13,15,18). The third kappa shape index (κ3) is 2.30. The minimum Gasteiger partial charge on any atom is -0.462 e. The minimum atomic E-state index is -0.631. The molecular formula is C10H12N6O3. The SMILES string of the molecule is CCOC(=O)c1cnn(-c2nc(=O)[nH]nc2C)c1N. The number of nitrogens with zero attached hydrogens (tertiary/aromatic N) is 4. The Bertz CT molecular complexity index is 674. The van der Waals surface area contributed by atoms with Crippen molar-refractivity contribution in [2.45, 2.75) is 13.8 Å². The van der Waals surface area contributed by atoms with Crippen LogP contribution in [0.1, 0.15) is 23.0 Å². The molecular weight excluding hydrogens is 252 g/mol. The number of rotatable bonds is 3. The Morgan fingerprint density at radius 1 is 1.58 bits per heavy atom. The smallest absolute Gasteiger partial charge is 0.363 e. The fraction of sp³-hybridized carbons (Fsp3) is 0.300. The van der Waals surface area contributed by atoms with Gasteiger partial charge < -0.3 is 10.5 Å². The predicted octanol–water partition coefficient (Wildman–Crippen LogP) is -0.582. The van der Waals surface area contributed by atoms with E-state index in [9.17, 15) is 9.59 Å². The Morgan fingerprint density at radius 3 is 3.00 bits per heavy atom. The summed E-state index contributed by atoms with van der Waals surface area (Å²) in [5.74, 6) is -0.375. The summed E-state index contributed by atoms with van der Waals surface area (Å²) in [5.41, 5.74) is 5.71. The molecule has 3 N–H and O–H groups in total. The Labute approximate surface area is 107 Å². The number of nitrogen functional groups attached to an aromatic ring is 1. The van der Waals surface area contributed by atoms with Crippen molar-refractivity contribution in [2.24, 2.45) is 0 Å². The van der Waals surface area contributed by atoms with Crippen LogP contribution in [0.5, 0.6) is 0 Å². The second-order valence-electron chi connectivity index (χ2n) is 3.63. The summed E-state index contributed by atoms with van der Waals surface area (Å²) in [4.78, 5) is 26.5. The Balaban J connectivity index is 2.50. The number of esters is 1. The average molecular weight is 264 g/mol. The van der Waals surface area contributed by atoms with Crippen molar-refractivity contribution >= 4 is 11.8 Å². The number of hydrogen-bond acceptors (Lipinski definition) is 7. The second kappa shape index (κ2) is 4.88. The molecule has 0 radical (unpaired) electrons. The molecule has 19 heavy (non-hydrogen) atoms. The Kier molecular flexibility index (Phi) is 3.27. The number of ether oxygens (including phenoxy) is 1. The van der Waals surface area contributed by atoms with E-state index in [1.54, 1.807) is 13.8 Å². The molecule has 100 valence electrons. The number of hydrogen-bond donors (Lipinski definition) is 2. The van der Waals surface area contributed by atoms with Gasteiger partial charge in [0, 0.05) is 0 Å². The molecule has 0 fully saturated rings. The highest BCUT2D eigenvalue weighted by molar-refractivity contribution is 5.94. The van der Waals surface area contributed by atoms with Crippen LogP contribution < -0.4 is 11.4 Å². The van der Waals surface area contributed by atoms with Gasteiger partial charge in [-0.3, -0.25) is 0 Å². The third-order valence-corrected chi connectivity index (χ3v) is 2.35. The van der Waals surface area contributed by atoms with Crippen LogP contribution in [0.3, 0.4) is 0 Å². The van der Waals surface area contributed by atoms with Crippen LogP contribution in [-0.2, 0) is 4.74 Å². The Morgan fingerprint density at radius 2 is 2.32 bits per heavy atom. The molecule has 9 nitrogen and oxygen atoms in total. The molecule has 0 aliphatic heterocycles. The molecule has 0 spiro atoms. The van der Waals surface area contributed by atoms with Crippen LogP contribution >= 0.6 is 0 Å². The summed E-state index contributed by atoms with van der Waals surface area (Å²) in [5, 5.41) is 9.87. The number of aromatic nitrogens is 5. The van der Waals surface area contributed by atoms with E-state index in [0.717, 1.165) is 0 Å².